The molecule has 1 heterocycles. The van der Waals surface area contributed by atoms with E-state index in [0.717, 1.165) is 13.0 Å². The summed E-state index contributed by atoms with van der Waals surface area (Å²) in [6, 6.07) is 17.2. The average molecular weight is 232 g/mol. The largest absolute Gasteiger partial charge is 0.384 e. The minimum absolute atomic E-state index is 0. The van der Waals surface area contributed by atoms with Crippen LogP contribution in [0, 0.1) is 0 Å². The summed E-state index contributed by atoms with van der Waals surface area (Å²) in [6.07, 6.45) is 1.15. The first-order valence-electron chi connectivity index (χ1n) is 5.36. The Hall–Kier alpha value is -1.47. The summed E-state index contributed by atoms with van der Waals surface area (Å²) in [5.74, 6) is 0. The van der Waals surface area contributed by atoms with Gasteiger partial charge in [-0.3, -0.25) is 0 Å². The lowest BCUT2D eigenvalue weighted by molar-refractivity contribution is 1.11. The highest BCUT2D eigenvalue weighted by molar-refractivity contribution is 5.85. The number of hydrogen-bond donors (Lipinski definition) is 1. The maximum absolute atomic E-state index is 3.38. The van der Waals surface area contributed by atoms with Crippen LogP contribution in [0.3, 0.4) is 0 Å². The van der Waals surface area contributed by atoms with Crippen LogP contribution in [0.5, 0.6) is 0 Å². The molecule has 0 fully saturated rings. The van der Waals surface area contributed by atoms with Crippen molar-refractivity contribution < 1.29 is 0 Å². The molecule has 0 unspecified atom stereocenters. The van der Waals surface area contributed by atoms with Crippen LogP contribution in [0.2, 0.25) is 0 Å². The Kier molecular flexibility index (Phi) is 3.16. The maximum atomic E-state index is 3.38. The molecular formula is C14H14ClN. The van der Waals surface area contributed by atoms with Gasteiger partial charge in [0.1, 0.15) is 0 Å². The van der Waals surface area contributed by atoms with Crippen molar-refractivity contribution in [1.82, 2.24) is 0 Å². The second kappa shape index (κ2) is 4.58. The standard InChI is InChI=1S/C14H13N.ClH/c1-2-4-11(5-3-1)12-6-7-14-13(10-12)8-9-15-14;/h1-7,10,15H,8-9H2;1H. The molecule has 82 valence electrons. The van der Waals surface area contributed by atoms with Crippen molar-refractivity contribution in [3.8, 4) is 11.1 Å². The molecule has 0 aromatic heterocycles. The highest BCUT2D eigenvalue weighted by atomic mass is 35.5. The minimum Gasteiger partial charge on any atom is -0.384 e. The number of rotatable bonds is 1. The Morgan fingerprint density at radius 2 is 1.69 bits per heavy atom. The number of anilines is 1. The first kappa shape index (κ1) is 11.0. The van der Waals surface area contributed by atoms with Crippen molar-refractivity contribution in [2.75, 3.05) is 11.9 Å². The van der Waals surface area contributed by atoms with Crippen LogP contribution >= 0.6 is 12.4 Å². The number of benzene rings is 2. The molecule has 0 spiro atoms. The minimum atomic E-state index is 0. The van der Waals surface area contributed by atoms with E-state index in [2.05, 4.69) is 53.8 Å². The molecule has 2 heteroatoms. The predicted molar refractivity (Wildman–Crippen MR) is 71.3 cm³/mol. The van der Waals surface area contributed by atoms with Crippen LogP contribution in [0.1, 0.15) is 5.56 Å². The lowest BCUT2D eigenvalue weighted by Crippen LogP contribution is -1.90. The van der Waals surface area contributed by atoms with Crippen LogP contribution in [-0.2, 0) is 6.42 Å². The summed E-state index contributed by atoms with van der Waals surface area (Å²) in [5, 5.41) is 3.38. The quantitative estimate of drug-likeness (QED) is 0.789. The van der Waals surface area contributed by atoms with Crippen molar-refractivity contribution in [1.29, 1.82) is 0 Å². The highest BCUT2D eigenvalue weighted by Gasteiger charge is 2.10. The van der Waals surface area contributed by atoms with Crippen molar-refractivity contribution in [3.63, 3.8) is 0 Å². The number of halogens is 1. The molecule has 0 radical (unpaired) electrons. The normalized spacial score (nSPS) is 12.5. The average Bonchev–Trinajstić information content (AvgIpc) is 2.77. The molecule has 1 N–H and O–H groups in total. The molecule has 16 heavy (non-hydrogen) atoms. The Balaban J connectivity index is 0.000000963. The van der Waals surface area contributed by atoms with Gasteiger partial charge < -0.3 is 5.32 Å². The van der Waals surface area contributed by atoms with E-state index in [4.69, 9.17) is 0 Å². The van der Waals surface area contributed by atoms with Crippen LogP contribution < -0.4 is 5.32 Å². The number of hydrogen-bond acceptors (Lipinski definition) is 1. The third-order valence-electron chi connectivity index (χ3n) is 2.92. The first-order chi connectivity index (χ1) is 7.43. The van der Waals surface area contributed by atoms with E-state index in [1.165, 1.54) is 22.4 Å². The van der Waals surface area contributed by atoms with E-state index in [1.54, 1.807) is 0 Å². The fraction of sp³-hybridized carbons (Fsp3) is 0.143. The summed E-state index contributed by atoms with van der Waals surface area (Å²) >= 11 is 0. The summed E-state index contributed by atoms with van der Waals surface area (Å²) < 4.78 is 0. The van der Waals surface area contributed by atoms with Gasteiger partial charge in [-0.05, 0) is 35.2 Å². The predicted octanol–water partition coefficient (Wildman–Crippen LogP) is 3.74. The van der Waals surface area contributed by atoms with Crippen molar-refractivity contribution >= 4 is 18.1 Å². The molecule has 1 aliphatic heterocycles. The van der Waals surface area contributed by atoms with E-state index < -0.39 is 0 Å². The van der Waals surface area contributed by atoms with Crippen LogP contribution in [-0.4, -0.2) is 6.54 Å². The van der Waals surface area contributed by atoms with Gasteiger partial charge in [0.2, 0.25) is 0 Å². The molecule has 0 aliphatic carbocycles. The Labute approximate surface area is 102 Å². The second-order valence-electron chi connectivity index (χ2n) is 3.91. The maximum Gasteiger partial charge on any atom is 0.0373 e. The molecule has 0 saturated carbocycles. The van der Waals surface area contributed by atoms with E-state index >= 15 is 0 Å². The van der Waals surface area contributed by atoms with Crippen molar-refractivity contribution in [2.24, 2.45) is 0 Å². The molecule has 2 aromatic rings. The SMILES string of the molecule is Cl.c1ccc(-c2ccc3c(c2)CCN3)cc1. The van der Waals surface area contributed by atoms with E-state index in [0.29, 0.717) is 0 Å². The molecule has 1 aliphatic rings. The molecule has 0 saturated heterocycles. The van der Waals surface area contributed by atoms with Crippen molar-refractivity contribution in [3.05, 3.63) is 54.1 Å². The molecule has 1 nitrogen and oxygen atoms in total. The van der Waals surface area contributed by atoms with Crippen molar-refractivity contribution in [2.45, 2.75) is 6.42 Å². The molecule has 0 atom stereocenters. The van der Waals surface area contributed by atoms with Crippen LogP contribution in [0.15, 0.2) is 48.5 Å². The van der Waals surface area contributed by atoms with Gasteiger partial charge >= 0.3 is 0 Å². The molecule has 0 amide bonds. The van der Waals surface area contributed by atoms with Gasteiger partial charge in [-0.1, -0.05) is 36.4 Å². The molecule has 2 aromatic carbocycles. The van der Waals surface area contributed by atoms with Crippen LogP contribution in [0.25, 0.3) is 11.1 Å². The van der Waals surface area contributed by atoms with E-state index in [1.807, 2.05) is 0 Å². The summed E-state index contributed by atoms with van der Waals surface area (Å²) in [7, 11) is 0. The molecular weight excluding hydrogens is 218 g/mol. The zero-order chi connectivity index (χ0) is 10.1. The Morgan fingerprint density at radius 1 is 0.875 bits per heavy atom. The topological polar surface area (TPSA) is 12.0 Å². The Bertz CT molecular complexity index is 479. The zero-order valence-electron chi connectivity index (χ0n) is 8.94. The monoisotopic (exact) mass is 231 g/mol. The van der Waals surface area contributed by atoms with Gasteiger partial charge in [-0.25, -0.2) is 0 Å². The smallest absolute Gasteiger partial charge is 0.0373 e. The lowest BCUT2D eigenvalue weighted by Gasteiger charge is -2.04. The Morgan fingerprint density at radius 3 is 2.50 bits per heavy atom. The summed E-state index contributed by atoms with van der Waals surface area (Å²) in [6.45, 7) is 1.08. The number of nitrogens with one attached hydrogen (secondary N) is 1. The number of fused-ring (bicyclic) bond motifs is 1. The molecule has 3 rings (SSSR count). The third-order valence-corrected chi connectivity index (χ3v) is 2.92. The highest BCUT2D eigenvalue weighted by Crippen LogP contribution is 2.28. The fourth-order valence-electron chi connectivity index (χ4n) is 2.12. The first-order valence-corrected chi connectivity index (χ1v) is 5.36. The summed E-state index contributed by atoms with van der Waals surface area (Å²) in [5.41, 5.74) is 5.36. The van der Waals surface area contributed by atoms with E-state index in [9.17, 15) is 0 Å². The van der Waals surface area contributed by atoms with Gasteiger partial charge in [-0.15, -0.1) is 12.4 Å². The van der Waals surface area contributed by atoms with Gasteiger partial charge in [-0.2, -0.15) is 0 Å². The van der Waals surface area contributed by atoms with Gasteiger partial charge in [0.25, 0.3) is 0 Å². The molecule has 0 bridgehead atoms. The van der Waals surface area contributed by atoms with Crippen LogP contribution in [0.4, 0.5) is 5.69 Å². The van der Waals surface area contributed by atoms with Gasteiger partial charge in [0.15, 0.2) is 0 Å². The van der Waals surface area contributed by atoms with Gasteiger partial charge in [0, 0.05) is 12.2 Å². The van der Waals surface area contributed by atoms with Gasteiger partial charge in [0.05, 0.1) is 0 Å². The second-order valence-corrected chi connectivity index (χ2v) is 3.91. The zero-order valence-corrected chi connectivity index (χ0v) is 9.76. The van der Waals surface area contributed by atoms with E-state index in [-0.39, 0.29) is 12.4 Å². The summed E-state index contributed by atoms with van der Waals surface area (Å²) in [4.78, 5) is 0. The fourth-order valence-corrected chi connectivity index (χ4v) is 2.12. The third kappa shape index (κ3) is 1.91. The lowest BCUT2D eigenvalue weighted by atomic mass is 10.0.